The molecule has 1 rings (SSSR count). The van der Waals surface area contributed by atoms with Gasteiger partial charge in [0.25, 0.3) is 0 Å². The zero-order chi connectivity index (χ0) is 6.85. The largest absolute Gasteiger partial charge is 0.461 e. The Kier molecular flexibility index (Phi) is 1.68. The molecule has 9 heavy (non-hydrogen) atoms. The Hall–Kier alpha value is -0.610. The summed E-state index contributed by atoms with van der Waals surface area (Å²) in [5, 5.41) is 8.89. The maximum Gasteiger partial charge on any atom is 0.338 e. The second-order valence-electron chi connectivity index (χ2n) is 1.85. The number of rotatable bonds is 1. The number of carbonyl (C=O) groups is 1. The Bertz CT molecular complexity index is 122. The molecular formula is C5H8O4. The molecule has 52 valence electrons. The van der Waals surface area contributed by atoms with Gasteiger partial charge in [-0.3, -0.25) is 0 Å². The van der Waals surface area contributed by atoms with Crippen molar-refractivity contribution in [2.24, 2.45) is 0 Å². The summed E-state index contributed by atoms with van der Waals surface area (Å²) in [6.07, 6.45) is -1.56. The highest BCUT2D eigenvalue weighted by atomic mass is 16.6. The number of esters is 1. The highest BCUT2D eigenvalue weighted by Gasteiger charge is 2.35. The maximum atomic E-state index is 10.5. The average molecular weight is 132 g/mol. The van der Waals surface area contributed by atoms with E-state index in [4.69, 9.17) is 5.11 Å². The van der Waals surface area contributed by atoms with Crippen molar-refractivity contribution in [2.75, 3.05) is 13.7 Å². The third-order valence-electron chi connectivity index (χ3n) is 1.23. The Morgan fingerprint density at radius 1 is 1.89 bits per heavy atom. The van der Waals surface area contributed by atoms with E-state index in [2.05, 4.69) is 9.47 Å². The molecule has 1 N–H and O–H groups in total. The summed E-state index contributed by atoms with van der Waals surface area (Å²) < 4.78 is 9.07. The van der Waals surface area contributed by atoms with E-state index >= 15 is 0 Å². The van der Waals surface area contributed by atoms with Crippen molar-refractivity contribution in [3.05, 3.63) is 0 Å². The van der Waals surface area contributed by atoms with E-state index in [1.54, 1.807) is 0 Å². The molecule has 2 atom stereocenters. The normalized spacial score (nSPS) is 34.7. The van der Waals surface area contributed by atoms with Crippen LogP contribution >= 0.6 is 0 Å². The van der Waals surface area contributed by atoms with Crippen LogP contribution in [-0.4, -0.2) is 37.0 Å². The van der Waals surface area contributed by atoms with Gasteiger partial charge in [-0.15, -0.1) is 0 Å². The first-order valence-corrected chi connectivity index (χ1v) is 2.63. The molecule has 1 aliphatic heterocycles. The van der Waals surface area contributed by atoms with Gasteiger partial charge in [0, 0.05) is 7.11 Å². The molecule has 0 saturated carbocycles. The molecule has 0 unspecified atom stereocenters. The maximum absolute atomic E-state index is 10.5. The van der Waals surface area contributed by atoms with Crippen LogP contribution in [0.15, 0.2) is 0 Å². The minimum atomic E-state index is -0.789. The van der Waals surface area contributed by atoms with E-state index in [1.807, 2.05) is 0 Å². The fourth-order valence-electron chi connectivity index (χ4n) is 0.747. The van der Waals surface area contributed by atoms with E-state index < -0.39 is 18.2 Å². The average Bonchev–Trinajstić information content (AvgIpc) is 2.12. The van der Waals surface area contributed by atoms with Crippen LogP contribution in [0, 0.1) is 0 Å². The molecule has 0 aromatic rings. The van der Waals surface area contributed by atoms with Crippen LogP contribution in [0.2, 0.25) is 0 Å². The van der Waals surface area contributed by atoms with Crippen LogP contribution in [-0.2, 0) is 14.3 Å². The van der Waals surface area contributed by atoms with E-state index in [9.17, 15) is 4.79 Å². The predicted molar refractivity (Wildman–Crippen MR) is 27.8 cm³/mol. The molecule has 1 heterocycles. The van der Waals surface area contributed by atoms with Gasteiger partial charge in [0.1, 0.15) is 12.7 Å². The zero-order valence-electron chi connectivity index (χ0n) is 5.03. The Morgan fingerprint density at radius 3 is 2.78 bits per heavy atom. The number of aliphatic hydroxyl groups is 1. The summed E-state index contributed by atoms with van der Waals surface area (Å²) in [6, 6.07) is 0. The Labute approximate surface area is 52.4 Å². The Morgan fingerprint density at radius 2 is 2.56 bits per heavy atom. The molecule has 1 fully saturated rings. The van der Waals surface area contributed by atoms with E-state index in [-0.39, 0.29) is 6.61 Å². The van der Waals surface area contributed by atoms with Gasteiger partial charge >= 0.3 is 5.97 Å². The molecule has 0 amide bonds. The second kappa shape index (κ2) is 2.33. The molecular weight excluding hydrogens is 124 g/mol. The van der Waals surface area contributed by atoms with Crippen LogP contribution in [0.25, 0.3) is 0 Å². The molecule has 4 heteroatoms. The smallest absolute Gasteiger partial charge is 0.338 e. The van der Waals surface area contributed by atoms with Gasteiger partial charge in [-0.2, -0.15) is 0 Å². The molecule has 1 aliphatic rings. The molecule has 0 spiro atoms. The van der Waals surface area contributed by atoms with Crippen molar-refractivity contribution >= 4 is 5.97 Å². The van der Waals surface area contributed by atoms with Crippen molar-refractivity contribution < 1.29 is 19.4 Å². The van der Waals surface area contributed by atoms with Crippen LogP contribution in [0.5, 0.6) is 0 Å². The lowest BCUT2D eigenvalue weighted by Crippen LogP contribution is -2.28. The van der Waals surface area contributed by atoms with Crippen molar-refractivity contribution in [1.29, 1.82) is 0 Å². The summed E-state index contributed by atoms with van der Waals surface area (Å²) in [7, 11) is 1.36. The number of ether oxygens (including phenoxy) is 2. The number of carbonyl (C=O) groups excluding carboxylic acids is 1. The van der Waals surface area contributed by atoms with E-state index in [0.29, 0.717) is 0 Å². The fourth-order valence-corrected chi connectivity index (χ4v) is 0.747. The summed E-state index contributed by atoms with van der Waals surface area (Å²) in [5.41, 5.74) is 0. The van der Waals surface area contributed by atoms with Crippen LogP contribution in [0.4, 0.5) is 0 Å². The summed E-state index contributed by atoms with van der Waals surface area (Å²) in [5.74, 6) is -0.481. The van der Waals surface area contributed by atoms with Gasteiger partial charge in [-0.1, -0.05) is 0 Å². The first-order valence-electron chi connectivity index (χ1n) is 2.63. The molecule has 0 aromatic heterocycles. The number of hydrogen-bond donors (Lipinski definition) is 1. The van der Waals surface area contributed by atoms with Gasteiger partial charge in [-0.05, 0) is 0 Å². The summed E-state index contributed by atoms with van der Waals surface area (Å²) >= 11 is 0. The van der Waals surface area contributed by atoms with Crippen molar-refractivity contribution in [3.8, 4) is 0 Å². The lowest BCUT2D eigenvalue weighted by atomic mass is 10.2. The number of methoxy groups -OCH3 is 1. The van der Waals surface area contributed by atoms with Crippen LogP contribution in [0.3, 0.4) is 0 Å². The quantitative estimate of drug-likeness (QED) is 0.461. The molecule has 0 radical (unpaired) electrons. The molecule has 0 aromatic carbocycles. The Balaban J connectivity index is 2.55. The van der Waals surface area contributed by atoms with Crippen LogP contribution < -0.4 is 0 Å². The second-order valence-corrected chi connectivity index (χ2v) is 1.85. The number of cyclic esters (lactones) is 1. The highest BCUT2D eigenvalue weighted by molar-refractivity contribution is 5.77. The molecule has 0 aliphatic carbocycles. The predicted octanol–water partition coefficient (Wildman–Crippen LogP) is -1.08. The van der Waals surface area contributed by atoms with Crippen molar-refractivity contribution in [2.45, 2.75) is 12.2 Å². The first kappa shape index (κ1) is 6.51. The SMILES string of the molecule is CO[C@H]1C(=O)OC[C@H]1O. The lowest BCUT2D eigenvalue weighted by Gasteiger charge is -2.04. The fraction of sp³-hybridized carbons (Fsp3) is 0.800. The van der Waals surface area contributed by atoms with E-state index in [0.717, 1.165) is 0 Å². The number of aliphatic hydroxyl groups excluding tert-OH is 1. The minimum absolute atomic E-state index is 0.0529. The molecule has 0 bridgehead atoms. The van der Waals surface area contributed by atoms with Crippen molar-refractivity contribution in [1.82, 2.24) is 0 Å². The van der Waals surface area contributed by atoms with Gasteiger partial charge in [0.2, 0.25) is 0 Å². The third-order valence-corrected chi connectivity index (χ3v) is 1.23. The topological polar surface area (TPSA) is 55.8 Å². The summed E-state index contributed by atoms with van der Waals surface area (Å²) in [4.78, 5) is 10.5. The van der Waals surface area contributed by atoms with Gasteiger partial charge in [0.15, 0.2) is 6.10 Å². The number of hydrogen-bond acceptors (Lipinski definition) is 4. The summed E-state index contributed by atoms with van der Waals surface area (Å²) in [6.45, 7) is 0.0529. The molecule has 1 saturated heterocycles. The third kappa shape index (κ3) is 1.04. The first-order chi connectivity index (χ1) is 4.25. The van der Waals surface area contributed by atoms with Crippen molar-refractivity contribution in [3.63, 3.8) is 0 Å². The van der Waals surface area contributed by atoms with Crippen LogP contribution in [0.1, 0.15) is 0 Å². The minimum Gasteiger partial charge on any atom is -0.461 e. The van der Waals surface area contributed by atoms with Gasteiger partial charge < -0.3 is 14.6 Å². The molecule has 4 nitrogen and oxygen atoms in total. The highest BCUT2D eigenvalue weighted by Crippen LogP contribution is 2.09. The monoisotopic (exact) mass is 132 g/mol. The van der Waals surface area contributed by atoms with Gasteiger partial charge in [-0.25, -0.2) is 4.79 Å². The van der Waals surface area contributed by atoms with E-state index in [1.165, 1.54) is 7.11 Å². The lowest BCUT2D eigenvalue weighted by molar-refractivity contribution is -0.146. The standard InChI is InChI=1S/C5H8O4/c1-8-4-3(6)2-9-5(4)7/h3-4,6H,2H2,1H3/t3-,4-/m1/s1. The van der Waals surface area contributed by atoms with Gasteiger partial charge in [0.05, 0.1) is 0 Å². The zero-order valence-corrected chi connectivity index (χ0v) is 5.03.